The van der Waals surface area contributed by atoms with E-state index in [0.29, 0.717) is 0 Å². The maximum Gasteiger partial charge on any atom is 0.191 e. The molecule has 0 saturated heterocycles. The standard InChI is InChI=1S/C16H24OS/c1-3-5-12-18(13-6-4-2)14-16(17)15-10-8-7-9-11-15/h7-11,14H,3-6,12-13H2,1-2H3. The minimum absolute atomic E-state index is 0.171. The zero-order chi connectivity index (χ0) is 13.2. The van der Waals surface area contributed by atoms with E-state index in [1.54, 1.807) is 0 Å². The number of rotatable bonds is 8. The molecule has 0 aliphatic heterocycles. The van der Waals surface area contributed by atoms with Crippen molar-refractivity contribution in [3.8, 4) is 0 Å². The van der Waals surface area contributed by atoms with Crippen LogP contribution in [0.3, 0.4) is 0 Å². The van der Waals surface area contributed by atoms with Crippen LogP contribution in [0.2, 0.25) is 0 Å². The van der Waals surface area contributed by atoms with Crippen LogP contribution in [0.1, 0.15) is 49.9 Å². The van der Waals surface area contributed by atoms with Gasteiger partial charge in [0.05, 0.1) is 0 Å². The molecule has 0 saturated carbocycles. The van der Waals surface area contributed by atoms with E-state index in [1.165, 1.54) is 37.2 Å². The quantitative estimate of drug-likeness (QED) is 0.497. The number of benzene rings is 1. The summed E-state index contributed by atoms with van der Waals surface area (Å²) < 4.78 is 0. The fourth-order valence-corrected chi connectivity index (χ4v) is 3.90. The van der Waals surface area contributed by atoms with Gasteiger partial charge in [-0.3, -0.25) is 4.79 Å². The van der Waals surface area contributed by atoms with Crippen molar-refractivity contribution in [2.24, 2.45) is 0 Å². The third-order valence-corrected chi connectivity index (χ3v) is 5.03. The summed E-state index contributed by atoms with van der Waals surface area (Å²) in [5.41, 5.74) is 0.822. The molecule has 1 aromatic rings. The first kappa shape index (κ1) is 15.2. The second-order valence-electron chi connectivity index (χ2n) is 4.50. The Kier molecular flexibility index (Phi) is 7.66. The van der Waals surface area contributed by atoms with Gasteiger partial charge >= 0.3 is 0 Å². The highest BCUT2D eigenvalue weighted by atomic mass is 32.2. The molecule has 18 heavy (non-hydrogen) atoms. The van der Waals surface area contributed by atoms with Crippen molar-refractivity contribution in [2.45, 2.75) is 39.5 Å². The Morgan fingerprint density at radius 3 is 2.11 bits per heavy atom. The molecule has 0 N–H and O–H groups in total. The van der Waals surface area contributed by atoms with Crippen LogP contribution in [-0.4, -0.2) is 22.7 Å². The van der Waals surface area contributed by atoms with Crippen LogP contribution in [0.5, 0.6) is 0 Å². The number of hydrogen-bond donors (Lipinski definition) is 0. The maximum atomic E-state index is 12.1. The number of carbonyl (C=O) groups excluding carboxylic acids is 1. The van der Waals surface area contributed by atoms with Gasteiger partial charge in [0.25, 0.3) is 0 Å². The Hall–Kier alpha value is -0.890. The van der Waals surface area contributed by atoms with Crippen LogP contribution in [0.15, 0.2) is 30.3 Å². The van der Waals surface area contributed by atoms with Crippen LogP contribution in [0, 0.1) is 0 Å². The molecule has 0 aliphatic rings. The fourth-order valence-electron chi connectivity index (χ4n) is 1.70. The van der Waals surface area contributed by atoms with Crippen molar-refractivity contribution in [1.82, 2.24) is 0 Å². The van der Waals surface area contributed by atoms with Gasteiger partial charge in [0.1, 0.15) is 0 Å². The van der Waals surface area contributed by atoms with E-state index in [2.05, 4.69) is 13.8 Å². The van der Waals surface area contributed by atoms with Crippen LogP contribution >= 0.6 is 10.5 Å². The lowest BCUT2D eigenvalue weighted by Gasteiger charge is -2.08. The predicted molar refractivity (Wildman–Crippen MR) is 84.0 cm³/mol. The van der Waals surface area contributed by atoms with Gasteiger partial charge in [-0.1, -0.05) is 57.0 Å². The second-order valence-corrected chi connectivity index (χ2v) is 6.63. The molecule has 0 fully saturated rings. The average Bonchev–Trinajstić information content (AvgIpc) is 2.42. The first-order valence-electron chi connectivity index (χ1n) is 6.88. The van der Waals surface area contributed by atoms with Crippen LogP contribution in [0.25, 0.3) is 0 Å². The molecule has 0 heterocycles. The van der Waals surface area contributed by atoms with Gasteiger partial charge in [-0.25, -0.2) is 0 Å². The lowest BCUT2D eigenvalue weighted by Crippen LogP contribution is -2.03. The molecule has 0 radical (unpaired) electrons. The van der Waals surface area contributed by atoms with Crippen LogP contribution in [0.4, 0.5) is 0 Å². The van der Waals surface area contributed by atoms with Gasteiger partial charge in [-0.15, -0.1) is 0 Å². The third kappa shape index (κ3) is 5.63. The number of unbranched alkanes of at least 4 members (excludes halogenated alkanes) is 2. The normalized spacial score (nSPS) is 10.6. The Morgan fingerprint density at radius 2 is 1.61 bits per heavy atom. The topological polar surface area (TPSA) is 17.1 Å². The van der Waals surface area contributed by atoms with Crippen molar-refractivity contribution in [1.29, 1.82) is 0 Å². The summed E-state index contributed by atoms with van der Waals surface area (Å²) in [4.78, 5) is 12.1. The largest absolute Gasteiger partial charge is 0.289 e. The third-order valence-electron chi connectivity index (χ3n) is 2.85. The molecule has 0 bridgehead atoms. The molecule has 1 rings (SSSR count). The summed E-state index contributed by atoms with van der Waals surface area (Å²) in [6.45, 7) is 4.42. The Balaban J connectivity index is 2.70. The summed E-state index contributed by atoms with van der Waals surface area (Å²) >= 11 is 0. The van der Waals surface area contributed by atoms with Gasteiger partial charge < -0.3 is 0 Å². The highest BCUT2D eigenvalue weighted by molar-refractivity contribution is 8.15. The Morgan fingerprint density at radius 1 is 1.06 bits per heavy atom. The fraction of sp³-hybridized carbons (Fsp3) is 0.500. The molecule has 1 nitrogen and oxygen atoms in total. The van der Waals surface area contributed by atoms with E-state index in [-0.39, 0.29) is 16.3 Å². The number of ketones is 1. The van der Waals surface area contributed by atoms with Crippen molar-refractivity contribution < 1.29 is 4.79 Å². The van der Waals surface area contributed by atoms with Gasteiger partial charge in [0, 0.05) is 10.9 Å². The van der Waals surface area contributed by atoms with Crippen molar-refractivity contribution in [3.63, 3.8) is 0 Å². The van der Waals surface area contributed by atoms with Gasteiger partial charge in [0.2, 0.25) is 0 Å². The molecule has 0 unspecified atom stereocenters. The number of Topliss-reactive ketones (excluding diaryl/α,β-unsaturated/α-hetero) is 1. The molecule has 2 heteroatoms. The molecular weight excluding hydrogens is 240 g/mol. The summed E-state index contributed by atoms with van der Waals surface area (Å²) in [5.74, 6) is 2.55. The SMILES string of the molecule is CCCCS(=CC(=O)c1ccccc1)CCCC. The average molecular weight is 264 g/mol. The maximum absolute atomic E-state index is 12.1. The number of hydrogen-bond acceptors (Lipinski definition) is 1. The van der Waals surface area contributed by atoms with Crippen molar-refractivity contribution >= 4 is 21.6 Å². The van der Waals surface area contributed by atoms with E-state index in [9.17, 15) is 4.79 Å². The van der Waals surface area contributed by atoms with Crippen molar-refractivity contribution in [3.05, 3.63) is 35.9 Å². The zero-order valence-corrected chi connectivity index (χ0v) is 12.3. The first-order chi connectivity index (χ1) is 8.77. The van der Waals surface area contributed by atoms with Crippen molar-refractivity contribution in [2.75, 3.05) is 11.5 Å². The molecule has 0 atom stereocenters. The molecule has 0 aromatic heterocycles. The molecular formula is C16H24OS. The molecule has 0 aliphatic carbocycles. The minimum Gasteiger partial charge on any atom is -0.289 e. The van der Waals surface area contributed by atoms with E-state index in [4.69, 9.17) is 0 Å². The summed E-state index contributed by atoms with van der Waals surface area (Å²) in [5, 5.41) is 1.97. The first-order valence-corrected chi connectivity index (χ1v) is 8.51. The molecule has 1 aromatic carbocycles. The second kappa shape index (κ2) is 9.09. The van der Waals surface area contributed by atoms with E-state index >= 15 is 0 Å². The zero-order valence-electron chi connectivity index (χ0n) is 11.5. The summed E-state index contributed by atoms with van der Waals surface area (Å²) in [6.07, 6.45) is 4.88. The summed E-state index contributed by atoms with van der Waals surface area (Å²) in [7, 11) is 0.171. The van der Waals surface area contributed by atoms with Crippen LogP contribution < -0.4 is 0 Å². The molecule has 0 amide bonds. The highest BCUT2D eigenvalue weighted by Crippen LogP contribution is 2.17. The highest BCUT2D eigenvalue weighted by Gasteiger charge is 2.03. The minimum atomic E-state index is 0.171. The van der Waals surface area contributed by atoms with Crippen LogP contribution in [-0.2, 0) is 0 Å². The number of carbonyl (C=O) groups is 1. The predicted octanol–water partition coefficient (Wildman–Crippen LogP) is 4.54. The van der Waals surface area contributed by atoms with Gasteiger partial charge in [-0.2, -0.15) is 10.5 Å². The Bertz CT molecular complexity index is 371. The monoisotopic (exact) mass is 264 g/mol. The van der Waals surface area contributed by atoms with E-state index < -0.39 is 0 Å². The van der Waals surface area contributed by atoms with E-state index in [0.717, 1.165) is 5.56 Å². The van der Waals surface area contributed by atoms with Gasteiger partial charge in [0.15, 0.2) is 5.78 Å². The lowest BCUT2D eigenvalue weighted by molar-refractivity contribution is 0.107. The molecule has 100 valence electrons. The lowest BCUT2D eigenvalue weighted by atomic mass is 10.2. The van der Waals surface area contributed by atoms with Gasteiger partial charge in [-0.05, 0) is 24.3 Å². The smallest absolute Gasteiger partial charge is 0.191 e. The van der Waals surface area contributed by atoms with E-state index in [1.807, 2.05) is 35.7 Å². The Labute approximate surface area is 114 Å². The summed E-state index contributed by atoms with van der Waals surface area (Å²) in [6, 6.07) is 9.61. The molecule has 0 spiro atoms.